The molecule has 142 valence electrons. The maximum absolute atomic E-state index is 2.34. The van der Waals surface area contributed by atoms with Gasteiger partial charge < -0.3 is 0 Å². The maximum Gasteiger partial charge on any atom is -0.0414 e. The average Bonchev–Trinajstić information content (AvgIpc) is 3.12. The van der Waals surface area contributed by atoms with Crippen LogP contribution in [0.4, 0.5) is 0 Å². The minimum atomic E-state index is 1.06. The summed E-state index contributed by atoms with van der Waals surface area (Å²) in [5, 5.41) is 0. The Morgan fingerprint density at radius 3 is 1.62 bits per heavy atom. The Morgan fingerprint density at radius 1 is 0.583 bits per heavy atom. The van der Waals surface area contributed by atoms with Gasteiger partial charge in [-0.15, -0.1) is 0 Å². The van der Waals surface area contributed by atoms with Crippen molar-refractivity contribution in [1.82, 2.24) is 0 Å². The van der Waals surface area contributed by atoms with Gasteiger partial charge in [0.1, 0.15) is 0 Å². The van der Waals surface area contributed by atoms with Gasteiger partial charge in [-0.1, -0.05) is 135 Å². The zero-order valence-electron chi connectivity index (χ0n) is 16.9. The summed E-state index contributed by atoms with van der Waals surface area (Å²) in [7, 11) is 0. The van der Waals surface area contributed by atoms with Crippen molar-refractivity contribution in [1.29, 1.82) is 0 Å². The molecule has 2 rings (SSSR count). The van der Waals surface area contributed by atoms with E-state index in [-0.39, 0.29) is 0 Å². The molecule has 2 fully saturated rings. The molecule has 24 heavy (non-hydrogen) atoms. The van der Waals surface area contributed by atoms with Gasteiger partial charge in [-0.3, -0.25) is 0 Å². The molecule has 0 amide bonds. The Bertz CT molecular complexity index is 270. The first-order valence-corrected chi connectivity index (χ1v) is 11.9. The van der Waals surface area contributed by atoms with Gasteiger partial charge in [-0.05, 0) is 17.8 Å². The highest BCUT2D eigenvalue weighted by Crippen LogP contribution is 2.32. The lowest BCUT2D eigenvalue weighted by atomic mass is 9.83. The molecule has 0 saturated heterocycles. The summed E-state index contributed by atoms with van der Waals surface area (Å²) in [6.07, 6.45) is 30.4. The lowest BCUT2D eigenvalue weighted by Gasteiger charge is -2.23. The molecule has 0 aromatic carbocycles. The van der Waals surface area contributed by atoms with Gasteiger partial charge >= 0.3 is 0 Å². The highest BCUT2D eigenvalue weighted by atomic mass is 14.2. The molecule has 2 aliphatic rings. The van der Waals surface area contributed by atoms with Crippen LogP contribution in [0.25, 0.3) is 0 Å². The first-order chi connectivity index (χ1) is 11.9. The zero-order chi connectivity index (χ0) is 16.9. The zero-order valence-corrected chi connectivity index (χ0v) is 16.9. The maximum atomic E-state index is 2.34. The second-order valence-electron chi connectivity index (χ2n) is 9.23. The second-order valence-corrected chi connectivity index (χ2v) is 9.23. The summed E-state index contributed by atoms with van der Waals surface area (Å²) in [6, 6.07) is 0. The van der Waals surface area contributed by atoms with Crippen molar-refractivity contribution in [2.45, 2.75) is 135 Å². The topological polar surface area (TPSA) is 0 Å². The van der Waals surface area contributed by atoms with E-state index in [2.05, 4.69) is 6.92 Å². The summed E-state index contributed by atoms with van der Waals surface area (Å²) < 4.78 is 0. The van der Waals surface area contributed by atoms with E-state index in [4.69, 9.17) is 0 Å². The van der Waals surface area contributed by atoms with E-state index in [1.807, 2.05) is 0 Å². The van der Waals surface area contributed by atoms with Crippen LogP contribution in [0.15, 0.2) is 0 Å². The Labute approximate surface area is 153 Å². The van der Waals surface area contributed by atoms with E-state index in [0.29, 0.717) is 0 Å². The van der Waals surface area contributed by atoms with Gasteiger partial charge in [-0.25, -0.2) is 0 Å². The minimum Gasteiger partial charge on any atom is -0.0654 e. The highest BCUT2D eigenvalue weighted by molar-refractivity contribution is 4.70. The highest BCUT2D eigenvalue weighted by Gasteiger charge is 2.17. The molecule has 0 aliphatic heterocycles. The third-order valence-corrected chi connectivity index (χ3v) is 7.11. The van der Waals surface area contributed by atoms with Crippen LogP contribution in [0.2, 0.25) is 0 Å². The van der Waals surface area contributed by atoms with Crippen molar-refractivity contribution in [2.24, 2.45) is 17.8 Å². The van der Waals surface area contributed by atoms with Crippen LogP contribution in [-0.2, 0) is 0 Å². The fourth-order valence-corrected chi connectivity index (χ4v) is 5.46. The van der Waals surface area contributed by atoms with Crippen LogP contribution in [0.5, 0.6) is 0 Å². The van der Waals surface area contributed by atoms with Crippen molar-refractivity contribution in [3.63, 3.8) is 0 Å². The fraction of sp³-hybridized carbons (Fsp3) is 1.00. The molecular formula is C24H46. The molecular weight excluding hydrogens is 288 g/mol. The SMILES string of the molecule is CCCCCCC(CCCC1CCCCC1)CCCC1CCCC1. The van der Waals surface area contributed by atoms with Crippen molar-refractivity contribution in [2.75, 3.05) is 0 Å². The summed E-state index contributed by atoms with van der Waals surface area (Å²) >= 11 is 0. The summed E-state index contributed by atoms with van der Waals surface area (Å²) in [4.78, 5) is 0. The molecule has 0 radical (unpaired) electrons. The van der Waals surface area contributed by atoms with E-state index in [9.17, 15) is 0 Å². The molecule has 2 aliphatic carbocycles. The molecule has 1 atom stereocenters. The quantitative estimate of drug-likeness (QED) is 0.295. The first-order valence-electron chi connectivity index (χ1n) is 11.9. The summed E-state index contributed by atoms with van der Waals surface area (Å²) in [5.41, 5.74) is 0. The lowest BCUT2D eigenvalue weighted by molar-refractivity contribution is 0.302. The molecule has 0 heteroatoms. The van der Waals surface area contributed by atoms with Crippen LogP contribution >= 0.6 is 0 Å². The van der Waals surface area contributed by atoms with Crippen molar-refractivity contribution in [3.05, 3.63) is 0 Å². The van der Waals surface area contributed by atoms with Gasteiger partial charge in [0, 0.05) is 0 Å². The summed E-state index contributed by atoms with van der Waals surface area (Å²) in [5.74, 6) is 3.26. The normalized spacial score (nSPS) is 21.4. The van der Waals surface area contributed by atoms with E-state index in [0.717, 1.165) is 17.8 Å². The number of rotatable bonds is 13. The van der Waals surface area contributed by atoms with E-state index in [1.165, 1.54) is 77.0 Å². The molecule has 0 nitrogen and oxygen atoms in total. The monoisotopic (exact) mass is 334 g/mol. The number of hydrogen-bond acceptors (Lipinski definition) is 0. The van der Waals surface area contributed by atoms with Gasteiger partial charge in [-0.2, -0.15) is 0 Å². The van der Waals surface area contributed by atoms with Gasteiger partial charge in [0.2, 0.25) is 0 Å². The van der Waals surface area contributed by atoms with Gasteiger partial charge in [0.05, 0.1) is 0 Å². The third kappa shape index (κ3) is 8.91. The van der Waals surface area contributed by atoms with Crippen LogP contribution in [-0.4, -0.2) is 0 Å². The summed E-state index contributed by atoms with van der Waals surface area (Å²) in [6.45, 7) is 2.34. The number of unbranched alkanes of at least 4 members (excludes halogenated alkanes) is 3. The predicted molar refractivity (Wildman–Crippen MR) is 108 cm³/mol. The van der Waals surface area contributed by atoms with E-state index >= 15 is 0 Å². The Kier molecular flexibility index (Phi) is 11.2. The standard InChI is InChI=1S/C24H46/c1-2-3-4-6-13-24(21-12-19-23-16-9-10-17-23)20-11-18-22-14-7-5-8-15-22/h22-24H,2-21H2,1H3. The van der Waals surface area contributed by atoms with Crippen LogP contribution in [0, 0.1) is 17.8 Å². The number of hydrogen-bond donors (Lipinski definition) is 0. The fourth-order valence-electron chi connectivity index (χ4n) is 5.46. The van der Waals surface area contributed by atoms with Crippen LogP contribution in [0.1, 0.15) is 135 Å². The largest absolute Gasteiger partial charge is 0.0654 e. The predicted octanol–water partition coefficient (Wildman–Crippen LogP) is 8.68. The molecule has 0 aromatic rings. The molecule has 0 spiro atoms. The van der Waals surface area contributed by atoms with Crippen molar-refractivity contribution < 1.29 is 0 Å². The van der Waals surface area contributed by atoms with Crippen molar-refractivity contribution >= 4 is 0 Å². The van der Waals surface area contributed by atoms with E-state index in [1.54, 1.807) is 51.4 Å². The Hall–Kier alpha value is 0. The molecule has 0 N–H and O–H groups in total. The van der Waals surface area contributed by atoms with Gasteiger partial charge in [0.25, 0.3) is 0 Å². The van der Waals surface area contributed by atoms with Crippen LogP contribution in [0.3, 0.4) is 0 Å². The molecule has 2 saturated carbocycles. The average molecular weight is 335 g/mol. The Balaban J connectivity index is 1.59. The van der Waals surface area contributed by atoms with Gasteiger partial charge in [0.15, 0.2) is 0 Å². The Morgan fingerprint density at radius 2 is 1.08 bits per heavy atom. The smallest absolute Gasteiger partial charge is 0.0414 e. The third-order valence-electron chi connectivity index (χ3n) is 7.11. The minimum absolute atomic E-state index is 1.06. The van der Waals surface area contributed by atoms with Crippen LogP contribution < -0.4 is 0 Å². The second kappa shape index (κ2) is 13.2. The van der Waals surface area contributed by atoms with Crippen molar-refractivity contribution in [3.8, 4) is 0 Å². The molecule has 1 unspecified atom stereocenters. The molecule has 0 bridgehead atoms. The molecule has 0 aromatic heterocycles. The lowest BCUT2D eigenvalue weighted by Crippen LogP contribution is -2.08. The first kappa shape index (κ1) is 20.3. The molecule has 0 heterocycles. The van der Waals surface area contributed by atoms with E-state index < -0.39 is 0 Å².